The van der Waals surface area contributed by atoms with Gasteiger partial charge in [-0.1, -0.05) is 12.1 Å². The lowest BCUT2D eigenvalue weighted by Crippen LogP contribution is -1.96. The molecule has 88 valence electrons. The number of hydrogen-bond acceptors (Lipinski definition) is 3. The number of hydrogen-bond donors (Lipinski definition) is 0. The van der Waals surface area contributed by atoms with Crippen molar-refractivity contribution >= 4 is 17.3 Å². The van der Waals surface area contributed by atoms with E-state index in [0.29, 0.717) is 12.4 Å². The van der Waals surface area contributed by atoms with E-state index >= 15 is 0 Å². The summed E-state index contributed by atoms with van der Waals surface area (Å²) in [5, 5.41) is 10.5. The molecule has 0 amide bonds. The van der Waals surface area contributed by atoms with Gasteiger partial charge in [-0.25, -0.2) is 4.98 Å². The monoisotopic (exact) mass is 251 g/mol. The van der Waals surface area contributed by atoms with Gasteiger partial charge in [-0.15, -0.1) is 11.6 Å². The van der Waals surface area contributed by atoms with Crippen molar-refractivity contribution in [3.63, 3.8) is 0 Å². The summed E-state index contributed by atoms with van der Waals surface area (Å²) >= 11 is 5.65. The standard InChI is InChI=1S/C11H10ClN3O2/c12-5-10-7-14(8-13-10)6-9-1-3-11(4-2-9)15(16)17/h1-4,7-8H,5-6H2. The molecule has 0 unspecified atom stereocenters. The lowest BCUT2D eigenvalue weighted by atomic mass is 10.2. The average Bonchev–Trinajstić information content (AvgIpc) is 2.77. The first kappa shape index (κ1) is 11.6. The molecule has 0 bridgehead atoms. The van der Waals surface area contributed by atoms with E-state index < -0.39 is 4.92 Å². The van der Waals surface area contributed by atoms with E-state index in [4.69, 9.17) is 11.6 Å². The van der Waals surface area contributed by atoms with Gasteiger partial charge in [-0.05, 0) is 5.56 Å². The van der Waals surface area contributed by atoms with Crippen LogP contribution in [0.3, 0.4) is 0 Å². The van der Waals surface area contributed by atoms with Crippen molar-refractivity contribution in [3.8, 4) is 0 Å². The Balaban J connectivity index is 2.10. The molecule has 0 aliphatic heterocycles. The summed E-state index contributed by atoms with van der Waals surface area (Å²) in [4.78, 5) is 14.2. The summed E-state index contributed by atoms with van der Waals surface area (Å²) in [6.07, 6.45) is 3.55. The van der Waals surface area contributed by atoms with E-state index in [1.165, 1.54) is 12.1 Å². The maximum atomic E-state index is 10.5. The number of non-ortho nitro benzene ring substituents is 1. The maximum absolute atomic E-state index is 10.5. The number of benzene rings is 1. The number of halogens is 1. The molecule has 1 heterocycles. The first-order chi connectivity index (χ1) is 8.19. The van der Waals surface area contributed by atoms with E-state index in [9.17, 15) is 10.1 Å². The van der Waals surface area contributed by atoms with Gasteiger partial charge in [0.15, 0.2) is 0 Å². The Morgan fingerprint density at radius 3 is 2.59 bits per heavy atom. The van der Waals surface area contributed by atoms with Crippen molar-refractivity contribution < 1.29 is 4.92 Å². The van der Waals surface area contributed by atoms with Crippen LogP contribution in [0.2, 0.25) is 0 Å². The number of nitro benzene ring substituents is 1. The van der Waals surface area contributed by atoms with Crippen LogP contribution in [0, 0.1) is 10.1 Å². The van der Waals surface area contributed by atoms with E-state index in [-0.39, 0.29) is 5.69 Å². The molecule has 0 saturated carbocycles. The fourth-order valence-corrected chi connectivity index (χ4v) is 1.63. The lowest BCUT2D eigenvalue weighted by Gasteiger charge is -2.01. The topological polar surface area (TPSA) is 61.0 Å². The molecule has 5 nitrogen and oxygen atoms in total. The van der Waals surface area contributed by atoms with Crippen LogP contribution in [-0.2, 0) is 12.4 Å². The average molecular weight is 252 g/mol. The lowest BCUT2D eigenvalue weighted by molar-refractivity contribution is -0.384. The second-order valence-corrected chi connectivity index (χ2v) is 3.86. The summed E-state index contributed by atoms with van der Waals surface area (Å²) in [6.45, 7) is 0.627. The van der Waals surface area contributed by atoms with Crippen LogP contribution in [0.1, 0.15) is 11.3 Å². The zero-order valence-electron chi connectivity index (χ0n) is 8.91. The molecule has 0 saturated heterocycles. The molecule has 2 aromatic rings. The van der Waals surface area contributed by atoms with E-state index in [2.05, 4.69) is 4.98 Å². The minimum absolute atomic E-state index is 0.0980. The molecule has 17 heavy (non-hydrogen) atoms. The fraction of sp³-hybridized carbons (Fsp3) is 0.182. The molecular formula is C11H10ClN3O2. The molecule has 0 aliphatic rings. The smallest absolute Gasteiger partial charge is 0.269 e. The van der Waals surface area contributed by atoms with Gasteiger partial charge in [0.1, 0.15) is 0 Å². The first-order valence-corrected chi connectivity index (χ1v) is 5.52. The number of rotatable bonds is 4. The van der Waals surface area contributed by atoms with Crippen LogP contribution in [0.4, 0.5) is 5.69 Å². The van der Waals surface area contributed by atoms with Gasteiger partial charge < -0.3 is 4.57 Å². The SMILES string of the molecule is O=[N+]([O-])c1ccc(Cn2cnc(CCl)c2)cc1. The van der Waals surface area contributed by atoms with Gasteiger partial charge in [-0.2, -0.15) is 0 Å². The molecule has 1 aromatic carbocycles. The zero-order chi connectivity index (χ0) is 12.3. The third kappa shape index (κ3) is 2.82. The van der Waals surface area contributed by atoms with Gasteiger partial charge in [0.25, 0.3) is 5.69 Å². The molecule has 0 fully saturated rings. The van der Waals surface area contributed by atoms with Crippen molar-refractivity contribution in [2.75, 3.05) is 0 Å². The van der Waals surface area contributed by atoms with Crippen molar-refractivity contribution in [2.24, 2.45) is 0 Å². The fourth-order valence-electron chi connectivity index (χ4n) is 1.50. The second kappa shape index (κ2) is 4.97. The summed E-state index contributed by atoms with van der Waals surface area (Å²) in [6, 6.07) is 6.46. The normalized spacial score (nSPS) is 10.4. The van der Waals surface area contributed by atoms with Gasteiger partial charge in [0, 0.05) is 24.9 Å². The number of imidazole rings is 1. The predicted molar refractivity (Wildman–Crippen MR) is 64.0 cm³/mol. The Kier molecular flexibility index (Phi) is 3.39. The summed E-state index contributed by atoms with van der Waals surface area (Å²) in [5.41, 5.74) is 1.89. The highest BCUT2D eigenvalue weighted by molar-refractivity contribution is 6.16. The third-order valence-electron chi connectivity index (χ3n) is 2.34. The molecule has 2 rings (SSSR count). The maximum Gasteiger partial charge on any atom is 0.269 e. The Labute approximate surface area is 103 Å². The van der Waals surface area contributed by atoms with Crippen LogP contribution >= 0.6 is 11.6 Å². The number of nitro groups is 1. The summed E-state index contributed by atoms with van der Waals surface area (Å²) in [7, 11) is 0. The molecule has 0 N–H and O–H groups in total. The molecular weight excluding hydrogens is 242 g/mol. The number of aromatic nitrogens is 2. The quantitative estimate of drug-likeness (QED) is 0.477. The van der Waals surface area contributed by atoms with Crippen molar-refractivity contribution in [2.45, 2.75) is 12.4 Å². The van der Waals surface area contributed by atoms with Crippen LogP contribution in [0.5, 0.6) is 0 Å². The molecule has 0 aliphatic carbocycles. The van der Waals surface area contributed by atoms with Crippen molar-refractivity contribution in [1.82, 2.24) is 9.55 Å². The Morgan fingerprint density at radius 2 is 2.06 bits per heavy atom. The highest BCUT2D eigenvalue weighted by atomic mass is 35.5. The van der Waals surface area contributed by atoms with Crippen molar-refractivity contribution in [3.05, 3.63) is 58.2 Å². The third-order valence-corrected chi connectivity index (χ3v) is 2.61. The van der Waals surface area contributed by atoms with Gasteiger partial charge in [-0.3, -0.25) is 10.1 Å². The summed E-state index contributed by atoms with van der Waals surface area (Å²) in [5.74, 6) is 0.382. The predicted octanol–water partition coefficient (Wildman–Crippen LogP) is 2.58. The zero-order valence-corrected chi connectivity index (χ0v) is 9.67. The van der Waals surface area contributed by atoms with Crippen LogP contribution in [0.15, 0.2) is 36.8 Å². The number of alkyl halides is 1. The highest BCUT2D eigenvalue weighted by Crippen LogP contribution is 2.13. The van der Waals surface area contributed by atoms with E-state index in [1.54, 1.807) is 18.5 Å². The van der Waals surface area contributed by atoms with E-state index in [0.717, 1.165) is 11.3 Å². The van der Waals surface area contributed by atoms with Crippen LogP contribution in [0.25, 0.3) is 0 Å². The Bertz CT molecular complexity index is 522. The van der Waals surface area contributed by atoms with Crippen molar-refractivity contribution in [1.29, 1.82) is 0 Å². The van der Waals surface area contributed by atoms with Gasteiger partial charge >= 0.3 is 0 Å². The first-order valence-electron chi connectivity index (χ1n) is 4.99. The van der Waals surface area contributed by atoms with Crippen LogP contribution < -0.4 is 0 Å². The van der Waals surface area contributed by atoms with Gasteiger partial charge in [0.05, 0.1) is 22.8 Å². The van der Waals surface area contributed by atoms with Gasteiger partial charge in [0.2, 0.25) is 0 Å². The number of nitrogens with zero attached hydrogens (tertiary/aromatic N) is 3. The molecule has 0 radical (unpaired) electrons. The molecule has 0 atom stereocenters. The van der Waals surface area contributed by atoms with E-state index in [1.807, 2.05) is 10.8 Å². The second-order valence-electron chi connectivity index (χ2n) is 3.59. The minimum atomic E-state index is -0.410. The Morgan fingerprint density at radius 1 is 1.35 bits per heavy atom. The largest absolute Gasteiger partial charge is 0.333 e. The summed E-state index contributed by atoms with van der Waals surface area (Å²) < 4.78 is 1.89. The molecule has 1 aromatic heterocycles. The molecule has 6 heteroatoms. The minimum Gasteiger partial charge on any atom is -0.333 e. The molecule has 0 spiro atoms. The van der Waals surface area contributed by atoms with Crippen LogP contribution in [-0.4, -0.2) is 14.5 Å². The highest BCUT2D eigenvalue weighted by Gasteiger charge is 2.04. The Hall–Kier alpha value is -1.88.